The van der Waals surface area contributed by atoms with Crippen LogP contribution >= 0.6 is 0 Å². The minimum Gasteiger partial charge on any atom is -0.492 e. The molecule has 0 saturated carbocycles. The molecule has 1 N–H and O–H groups in total. The molecule has 3 heteroatoms. The number of fused-ring (bicyclic) bond motifs is 1. The van der Waals surface area contributed by atoms with Gasteiger partial charge in [0.25, 0.3) is 0 Å². The summed E-state index contributed by atoms with van der Waals surface area (Å²) in [6, 6.07) is 13.1. The average molecular weight is 268 g/mol. The van der Waals surface area contributed by atoms with Gasteiger partial charge in [0.1, 0.15) is 5.75 Å². The van der Waals surface area contributed by atoms with Crippen molar-refractivity contribution in [3.8, 4) is 16.9 Å². The fourth-order valence-electron chi connectivity index (χ4n) is 2.51. The zero-order valence-corrected chi connectivity index (χ0v) is 11.5. The summed E-state index contributed by atoms with van der Waals surface area (Å²) in [5.74, 6) is 0.0425. The Bertz CT molecular complexity index is 669. The Morgan fingerprint density at radius 3 is 2.40 bits per heavy atom. The molecular formula is C17H16O3. The third-order valence-electron chi connectivity index (χ3n) is 3.76. The molecule has 0 spiro atoms. The molecule has 2 aromatic carbocycles. The minimum absolute atomic E-state index is 0.0202. The first-order valence-corrected chi connectivity index (χ1v) is 6.58. The Balaban J connectivity index is 2.01. The molecular weight excluding hydrogens is 252 g/mol. The lowest BCUT2D eigenvalue weighted by molar-refractivity contribution is 0.0697. The lowest BCUT2D eigenvalue weighted by Crippen LogP contribution is -2.18. The van der Waals surface area contributed by atoms with E-state index < -0.39 is 5.97 Å². The fourth-order valence-corrected chi connectivity index (χ4v) is 2.51. The lowest BCUT2D eigenvalue weighted by atomic mass is 9.85. The number of carbonyl (C=O) groups is 1. The normalized spacial score (nSPS) is 15.5. The van der Waals surface area contributed by atoms with Crippen molar-refractivity contribution in [2.75, 3.05) is 6.61 Å². The Labute approximate surface area is 117 Å². The molecule has 1 aliphatic rings. The van der Waals surface area contributed by atoms with Crippen LogP contribution in [0.25, 0.3) is 11.1 Å². The van der Waals surface area contributed by atoms with Crippen LogP contribution in [0.3, 0.4) is 0 Å². The molecule has 0 aromatic heterocycles. The van der Waals surface area contributed by atoms with Crippen molar-refractivity contribution in [2.45, 2.75) is 19.3 Å². The number of hydrogen-bond donors (Lipinski definition) is 1. The summed E-state index contributed by atoms with van der Waals surface area (Å²) in [6.07, 6.45) is 0. The van der Waals surface area contributed by atoms with Gasteiger partial charge in [-0.25, -0.2) is 4.79 Å². The molecule has 0 unspecified atom stereocenters. The van der Waals surface area contributed by atoms with Gasteiger partial charge in [0.05, 0.1) is 12.2 Å². The zero-order valence-electron chi connectivity index (χ0n) is 11.5. The molecule has 1 aliphatic heterocycles. The molecule has 0 amide bonds. The van der Waals surface area contributed by atoms with E-state index >= 15 is 0 Å². The van der Waals surface area contributed by atoms with E-state index in [2.05, 4.69) is 19.9 Å². The van der Waals surface area contributed by atoms with Gasteiger partial charge in [0.15, 0.2) is 0 Å². The molecule has 102 valence electrons. The van der Waals surface area contributed by atoms with Crippen LogP contribution in [-0.2, 0) is 5.41 Å². The van der Waals surface area contributed by atoms with Crippen molar-refractivity contribution in [1.82, 2.24) is 0 Å². The maximum atomic E-state index is 10.9. The summed E-state index contributed by atoms with van der Waals surface area (Å²) in [6.45, 7) is 5.02. The second kappa shape index (κ2) is 4.37. The van der Waals surface area contributed by atoms with Gasteiger partial charge in [-0.2, -0.15) is 0 Å². The molecule has 0 fully saturated rings. The largest absolute Gasteiger partial charge is 0.492 e. The van der Waals surface area contributed by atoms with Crippen LogP contribution in [0, 0.1) is 0 Å². The van der Waals surface area contributed by atoms with Crippen LogP contribution < -0.4 is 4.74 Å². The SMILES string of the molecule is CC1(C)COc2ccc(-c3ccc(C(=O)O)cc3)cc21. The van der Waals surface area contributed by atoms with E-state index in [-0.39, 0.29) is 5.41 Å². The molecule has 0 atom stereocenters. The maximum Gasteiger partial charge on any atom is 0.335 e. The summed E-state index contributed by atoms with van der Waals surface area (Å²) in [7, 11) is 0. The van der Waals surface area contributed by atoms with Crippen molar-refractivity contribution in [1.29, 1.82) is 0 Å². The summed E-state index contributed by atoms with van der Waals surface area (Å²) in [5.41, 5.74) is 3.63. The number of rotatable bonds is 2. The number of aromatic carboxylic acids is 1. The number of carboxylic acids is 1. The Kier molecular flexibility index (Phi) is 2.78. The monoisotopic (exact) mass is 268 g/mol. The van der Waals surface area contributed by atoms with Crippen molar-refractivity contribution in [3.63, 3.8) is 0 Å². The molecule has 2 aromatic rings. The highest BCUT2D eigenvalue weighted by Gasteiger charge is 2.31. The Morgan fingerprint density at radius 1 is 1.10 bits per heavy atom. The highest BCUT2D eigenvalue weighted by Crippen LogP contribution is 2.40. The van der Waals surface area contributed by atoms with Crippen molar-refractivity contribution < 1.29 is 14.6 Å². The van der Waals surface area contributed by atoms with Gasteiger partial charge < -0.3 is 9.84 Å². The maximum absolute atomic E-state index is 10.9. The van der Waals surface area contributed by atoms with Crippen LogP contribution in [0.1, 0.15) is 29.8 Å². The number of ether oxygens (including phenoxy) is 1. The quantitative estimate of drug-likeness (QED) is 0.902. The van der Waals surface area contributed by atoms with E-state index in [1.54, 1.807) is 12.1 Å². The number of benzene rings is 2. The molecule has 0 saturated heterocycles. The summed E-state index contributed by atoms with van der Waals surface area (Å²) in [5, 5.41) is 8.93. The molecule has 3 rings (SSSR count). The van der Waals surface area contributed by atoms with Crippen LogP contribution in [0.4, 0.5) is 0 Å². The van der Waals surface area contributed by atoms with E-state index in [1.807, 2.05) is 24.3 Å². The van der Waals surface area contributed by atoms with Gasteiger partial charge in [-0.1, -0.05) is 32.0 Å². The second-order valence-electron chi connectivity index (χ2n) is 5.77. The molecule has 20 heavy (non-hydrogen) atoms. The topological polar surface area (TPSA) is 46.5 Å². The van der Waals surface area contributed by atoms with Gasteiger partial charge in [0, 0.05) is 11.0 Å². The summed E-state index contributed by atoms with van der Waals surface area (Å²) < 4.78 is 5.68. The molecule has 1 heterocycles. The van der Waals surface area contributed by atoms with E-state index in [4.69, 9.17) is 9.84 Å². The Morgan fingerprint density at radius 2 is 1.75 bits per heavy atom. The van der Waals surface area contributed by atoms with Crippen LogP contribution in [-0.4, -0.2) is 17.7 Å². The van der Waals surface area contributed by atoms with Gasteiger partial charge in [-0.3, -0.25) is 0 Å². The third kappa shape index (κ3) is 2.05. The van der Waals surface area contributed by atoms with E-state index in [1.165, 1.54) is 5.56 Å². The zero-order chi connectivity index (χ0) is 14.3. The highest BCUT2D eigenvalue weighted by atomic mass is 16.5. The highest BCUT2D eigenvalue weighted by molar-refractivity contribution is 5.88. The van der Waals surface area contributed by atoms with Crippen LogP contribution in [0.5, 0.6) is 5.75 Å². The summed E-state index contributed by atoms with van der Waals surface area (Å²) >= 11 is 0. The predicted molar refractivity (Wildman–Crippen MR) is 77.4 cm³/mol. The molecule has 0 bridgehead atoms. The van der Waals surface area contributed by atoms with Gasteiger partial charge in [-0.05, 0) is 35.4 Å². The average Bonchev–Trinajstić information content (AvgIpc) is 2.74. The van der Waals surface area contributed by atoms with Crippen LogP contribution in [0.2, 0.25) is 0 Å². The van der Waals surface area contributed by atoms with Crippen molar-refractivity contribution >= 4 is 5.97 Å². The van der Waals surface area contributed by atoms with Gasteiger partial charge in [-0.15, -0.1) is 0 Å². The van der Waals surface area contributed by atoms with Gasteiger partial charge >= 0.3 is 5.97 Å². The van der Waals surface area contributed by atoms with Gasteiger partial charge in [0.2, 0.25) is 0 Å². The van der Waals surface area contributed by atoms with E-state index in [0.717, 1.165) is 16.9 Å². The first-order valence-electron chi connectivity index (χ1n) is 6.58. The molecule has 0 radical (unpaired) electrons. The first kappa shape index (κ1) is 12.7. The summed E-state index contributed by atoms with van der Waals surface area (Å²) in [4.78, 5) is 10.9. The minimum atomic E-state index is -0.903. The smallest absolute Gasteiger partial charge is 0.335 e. The van der Waals surface area contributed by atoms with Crippen molar-refractivity contribution in [3.05, 3.63) is 53.6 Å². The fraction of sp³-hybridized carbons (Fsp3) is 0.235. The number of carboxylic acid groups (broad SMARTS) is 1. The van der Waals surface area contributed by atoms with E-state index in [9.17, 15) is 4.79 Å². The molecule has 3 nitrogen and oxygen atoms in total. The number of hydrogen-bond acceptors (Lipinski definition) is 2. The standard InChI is InChI=1S/C17H16O3/c1-17(2)10-20-15-8-7-13(9-14(15)17)11-3-5-12(6-4-11)16(18)19/h3-9H,10H2,1-2H3,(H,18,19). The first-order chi connectivity index (χ1) is 9.47. The second-order valence-corrected chi connectivity index (χ2v) is 5.77. The Hall–Kier alpha value is -2.29. The van der Waals surface area contributed by atoms with Crippen molar-refractivity contribution in [2.24, 2.45) is 0 Å². The molecule has 0 aliphatic carbocycles. The third-order valence-corrected chi connectivity index (χ3v) is 3.76. The lowest BCUT2D eigenvalue weighted by Gasteiger charge is -2.16. The van der Waals surface area contributed by atoms with Crippen LogP contribution in [0.15, 0.2) is 42.5 Å². The predicted octanol–water partition coefficient (Wildman–Crippen LogP) is 3.72. The van der Waals surface area contributed by atoms with E-state index in [0.29, 0.717) is 12.2 Å².